The van der Waals surface area contributed by atoms with E-state index in [0.29, 0.717) is 0 Å². The summed E-state index contributed by atoms with van der Waals surface area (Å²) in [5.41, 5.74) is 0. The molecule has 1 nitrogen and oxygen atoms in total. The molecule has 1 aliphatic heterocycles. The Bertz CT molecular complexity index is 65.9. The van der Waals surface area contributed by atoms with Crippen LogP contribution in [0.4, 0.5) is 0 Å². The number of piperidine rings is 1. The number of hydrogen-bond donors (Lipinski definition) is 0. The quantitative estimate of drug-likeness (QED) is 0.522. The lowest BCUT2D eigenvalue weighted by Gasteiger charge is -2.31. The first-order valence-electron chi connectivity index (χ1n) is 4.87. The van der Waals surface area contributed by atoms with E-state index in [9.17, 15) is 0 Å². The molecule has 1 heterocycles. The van der Waals surface area contributed by atoms with Crippen molar-refractivity contribution in [2.45, 2.75) is 34.1 Å². The van der Waals surface area contributed by atoms with Crippen molar-refractivity contribution in [3.63, 3.8) is 0 Å². The lowest BCUT2D eigenvalue weighted by atomic mass is 9.92. The summed E-state index contributed by atoms with van der Waals surface area (Å²) in [7, 11) is 2.21. The maximum atomic E-state index is 2.43. The third kappa shape index (κ3) is 4.41. The smallest absolute Gasteiger partial charge is 0.000419 e. The normalized spacial score (nSPS) is 32.5. The highest BCUT2D eigenvalue weighted by Gasteiger charge is 2.17. The molecule has 2 atom stereocenters. The highest BCUT2D eigenvalue weighted by molar-refractivity contribution is 4.71. The first-order valence-corrected chi connectivity index (χ1v) is 4.87. The van der Waals surface area contributed by atoms with Crippen molar-refractivity contribution in [1.29, 1.82) is 0 Å². The Kier molecular flexibility index (Phi) is 5.57. The van der Waals surface area contributed by atoms with Gasteiger partial charge in [0.15, 0.2) is 0 Å². The van der Waals surface area contributed by atoms with Gasteiger partial charge in [-0.05, 0) is 25.3 Å². The molecular formula is C10H23N. The first-order chi connectivity index (χ1) is 5.18. The molecule has 0 aromatic rings. The summed E-state index contributed by atoms with van der Waals surface area (Å²) in [6.07, 6.45) is 1.42. The molecule has 0 N–H and O–H groups in total. The number of hydrogen-bond acceptors (Lipinski definition) is 1. The van der Waals surface area contributed by atoms with E-state index in [0.717, 1.165) is 11.8 Å². The molecule has 68 valence electrons. The van der Waals surface area contributed by atoms with Crippen molar-refractivity contribution in [2.75, 3.05) is 20.1 Å². The predicted molar refractivity (Wildman–Crippen MR) is 51.8 cm³/mol. The molecular weight excluding hydrogens is 134 g/mol. The molecule has 1 rings (SSSR count). The van der Waals surface area contributed by atoms with Gasteiger partial charge in [-0.3, -0.25) is 0 Å². The van der Waals surface area contributed by atoms with Crippen LogP contribution in [0.15, 0.2) is 0 Å². The van der Waals surface area contributed by atoms with Crippen LogP contribution >= 0.6 is 0 Å². The van der Waals surface area contributed by atoms with E-state index in [2.05, 4.69) is 25.8 Å². The molecule has 1 saturated heterocycles. The molecule has 1 aliphatic rings. The second-order valence-electron chi connectivity index (χ2n) is 3.67. The average molecular weight is 157 g/mol. The van der Waals surface area contributed by atoms with Crippen molar-refractivity contribution in [3.8, 4) is 0 Å². The first kappa shape index (κ1) is 11.0. The van der Waals surface area contributed by atoms with Gasteiger partial charge in [-0.15, -0.1) is 0 Å². The lowest BCUT2D eigenvalue weighted by molar-refractivity contribution is 0.171. The Balaban J connectivity index is 0.000000461. The minimum atomic E-state index is 0.916. The molecule has 2 unspecified atom stereocenters. The fraction of sp³-hybridized carbons (Fsp3) is 1.00. The average Bonchev–Trinajstić information content (AvgIpc) is 1.88. The largest absolute Gasteiger partial charge is 0.306 e. The van der Waals surface area contributed by atoms with Crippen LogP contribution < -0.4 is 0 Å². The van der Waals surface area contributed by atoms with Gasteiger partial charge in [0.2, 0.25) is 0 Å². The third-order valence-electron chi connectivity index (χ3n) is 2.05. The highest BCUT2D eigenvalue weighted by Crippen LogP contribution is 2.18. The lowest BCUT2D eigenvalue weighted by Crippen LogP contribution is -2.35. The number of rotatable bonds is 0. The Morgan fingerprint density at radius 3 is 1.64 bits per heavy atom. The topological polar surface area (TPSA) is 3.24 Å². The molecule has 1 heteroatoms. The minimum absolute atomic E-state index is 0.916. The Hall–Kier alpha value is -0.0400. The van der Waals surface area contributed by atoms with Crippen molar-refractivity contribution in [2.24, 2.45) is 11.8 Å². The maximum absolute atomic E-state index is 2.43. The summed E-state index contributed by atoms with van der Waals surface area (Å²) in [4.78, 5) is 2.43. The molecule has 0 spiro atoms. The fourth-order valence-corrected chi connectivity index (χ4v) is 1.97. The second kappa shape index (κ2) is 5.59. The minimum Gasteiger partial charge on any atom is -0.306 e. The SMILES string of the molecule is CC.CC1CC(C)CN(C)C1. The predicted octanol–water partition coefficient (Wildman–Crippen LogP) is 2.62. The Morgan fingerprint density at radius 2 is 1.36 bits per heavy atom. The van der Waals surface area contributed by atoms with Crippen LogP contribution in [0.3, 0.4) is 0 Å². The van der Waals surface area contributed by atoms with Gasteiger partial charge in [0.05, 0.1) is 0 Å². The van der Waals surface area contributed by atoms with E-state index in [1.807, 2.05) is 13.8 Å². The molecule has 0 aromatic heterocycles. The van der Waals surface area contributed by atoms with Gasteiger partial charge in [-0.25, -0.2) is 0 Å². The zero-order valence-corrected chi connectivity index (χ0v) is 8.72. The Labute approximate surface area is 71.8 Å². The van der Waals surface area contributed by atoms with Crippen LogP contribution in [0.2, 0.25) is 0 Å². The third-order valence-corrected chi connectivity index (χ3v) is 2.05. The van der Waals surface area contributed by atoms with Crippen LogP contribution in [0.1, 0.15) is 34.1 Å². The van der Waals surface area contributed by atoms with Crippen LogP contribution in [0.5, 0.6) is 0 Å². The highest BCUT2D eigenvalue weighted by atomic mass is 15.1. The molecule has 1 fully saturated rings. The standard InChI is InChI=1S/C8H17N.C2H6/c1-7-4-8(2)6-9(3)5-7;1-2/h7-8H,4-6H2,1-3H3;1-2H3. The monoisotopic (exact) mass is 157 g/mol. The zero-order valence-electron chi connectivity index (χ0n) is 8.72. The zero-order chi connectivity index (χ0) is 8.85. The number of nitrogens with zero attached hydrogens (tertiary/aromatic N) is 1. The van der Waals surface area contributed by atoms with Crippen molar-refractivity contribution in [1.82, 2.24) is 4.90 Å². The van der Waals surface area contributed by atoms with E-state index in [1.165, 1.54) is 19.5 Å². The van der Waals surface area contributed by atoms with E-state index < -0.39 is 0 Å². The van der Waals surface area contributed by atoms with Gasteiger partial charge < -0.3 is 4.90 Å². The molecule has 0 amide bonds. The van der Waals surface area contributed by atoms with Crippen LogP contribution in [0.25, 0.3) is 0 Å². The van der Waals surface area contributed by atoms with E-state index in [4.69, 9.17) is 0 Å². The molecule has 11 heavy (non-hydrogen) atoms. The van der Waals surface area contributed by atoms with Crippen molar-refractivity contribution in [3.05, 3.63) is 0 Å². The summed E-state index contributed by atoms with van der Waals surface area (Å²) in [6, 6.07) is 0. The van der Waals surface area contributed by atoms with Crippen LogP contribution in [-0.4, -0.2) is 25.0 Å². The summed E-state index contributed by atoms with van der Waals surface area (Å²) in [5, 5.41) is 0. The number of likely N-dealkylation sites (tertiary alicyclic amines) is 1. The van der Waals surface area contributed by atoms with Crippen LogP contribution in [0, 0.1) is 11.8 Å². The summed E-state index contributed by atoms with van der Waals surface area (Å²) in [6.45, 7) is 11.3. The van der Waals surface area contributed by atoms with Crippen LogP contribution in [-0.2, 0) is 0 Å². The van der Waals surface area contributed by atoms with E-state index >= 15 is 0 Å². The van der Waals surface area contributed by atoms with Gasteiger partial charge in [0, 0.05) is 13.1 Å². The molecule has 0 aliphatic carbocycles. The van der Waals surface area contributed by atoms with Gasteiger partial charge in [0.1, 0.15) is 0 Å². The fourth-order valence-electron chi connectivity index (χ4n) is 1.97. The molecule has 0 radical (unpaired) electrons. The van der Waals surface area contributed by atoms with E-state index in [-0.39, 0.29) is 0 Å². The molecule has 0 aromatic carbocycles. The van der Waals surface area contributed by atoms with Gasteiger partial charge in [-0.2, -0.15) is 0 Å². The summed E-state index contributed by atoms with van der Waals surface area (Å²) >= 11 is 0. The van der Waals surface area contributed by atoms with E-state index in [1.54, 1.807) is 0 Å². The maximum Gasteiger partial charge on any atom is 0.000419 e. The summed E-state index contributed by atoms with van der Waals surface area (Å²) < 4.78 is 0. The Morgan fingerprint density at radius 1 is 1.00 bits per heavy atom. The van der Waals surface area contributed by atoms with Crippen molar-refractivity contribution >= 4 is 0 Å². The summed E-state index contributed by atoms with van der Waals surface area (Å²) in [5.74, 6) is 1.83. The van der Waals surface area contributed by atoms with Gasteiger partial charge in [-0.1, -0.05) is 27.7 Å². The molecule has 0 bridgehead atoms. The van der Waals surface area contributed by atoms with Gasteiger partial charge in [0.25, 0.3) is 0 Å². The van der Waals surface area contributed by atoms with Gasteiger partial charge >= 0.3 is 0 Å². The van der Waals surface area contributed by atoms with Crippen molar-refractivity contribution < 1.29 is 0 Å². The second-order valence-corrected chi connectivity index (χ2v) is 3.67. The molecule has 0 saturated carbocycles.